The first-order valence-corrected chi connectivity index (χ1v) is 13.6. The van der Waals surface area contributed by atoms with Gasteiger partial charge in [-0.25, -0.2) is 0 Å². The third-order valence-electron chi connectivity index (χ3n) is 10.1. The lowest BCUT2D eigenvalue weighted by molar-refractivity contribution is -0.181. The van der Waals surface area contributed by atoms with Crippen molar-refractivity contribution in [2.45, 2.75) is 70.6 Å². The highest BCUT2D eigenvalue weighted by Crippen LogP contribution is 2.67. The maximum atomic E-state index is 12.6. The van der Waals surface area contributed by atoms with E-state index in [1.807, 2.05) is 25.1 Å². The quantitative estimate of drug-likeness (QED) is 0.324. The maximum Gasteiger partial charge on any atom is 0.249 e. The highest BCUT2D eigenvalue weighted by molar-refractivity contribution is 5.89. The number of nitrogens with one attached hydrogen (secondary N) is 2. The third kappa shape index (κ3) is 4.39. The fourth-order valence-corrected chi connectivity index (χ4v) is 8.14. The van der Waals surface area contributed by atoms with E-state index in [9.17, 15) is 24.9 Å². The number of nitrogens with zero attached hydrogens (tertiary/aromatic N) is 1. The lowest BCUT2D eigenvalue weighted by Gasteiger charge is -2.60. The fraction of sp³-hybridized carbons (Fsp3) is 0.621. The molecular weight excluding hydrogens is 486 g/mol. The molecule has 0 spiro atoms. The summed E-state index contributed by atoms with van der Waals surface area (Å²) in [4.78, 5) is 34.4. The number of rotatable bonds is 8. The SMILES string of the molecule is C[C@]12C[C@@H](O)[C@@H]3[C@H](CCC4=CC(NOCC(=O)NCc5ccccn5)=CC[C@]43C)[C@@H]1CC[C@@]2(O)C(=O)CO. The number of carbonyl (C=O) groups excluding carboxylic acids is 2. The summed E-state index contributed by atoms with van der Waals surface area (Å²) in [5.74, 6) is -0.456. The van der Waals surface area contributed by atoms with Gasteiger partial charge in [0.15, 0.2) is 12.4 Å². The summed E-state index contributed by atoms with van der Waals surface area (Å²) in [6.07, 6.45) is 9.00. The van der Waals surface area contributed by atoms with Crippen LogP contribution in [-0.2, 0) is 21.0 Å². The standard InChI is InChI=1S/C29H39N3O6/c1-27-10-8-19(32-38-17-25(36)31-15-20-5-3-4-12-30-20)13-18(27)6-7-21-22-9-11-29(37,24(35)16-33)28(22,2)14-23(34)26(21)27/h3-5,8,12-13,21-23,26,32-34,37H,6-7,9-11,14-17H2,1-2H3,(H,31,36)/t21-,22+,23-,26+,27-,28+,29-/m1/s1. The second-order valence-electron chi connectivity index (χ2n) is 11.9. The summed E-state index contributed by atoms with van der Waals surface area (Å²) < 4.78 is 0. The summed E-state index contributed by atoms with van der Waals surface area (Å²) in [6, 6.07) is 5.53. The van der Waals surface area contributed by atoms with Crippen LogP contribution in [0.25, 0.3) is 0 Å². The Bertz CT molecular complexity index is 1140. The van der Waals surface area contributed by atoms with E-state index in [1.165, 1.54) is 5.57 Å². The Kier molecular flexibility index (Phi) is 7.24. The number of hydrogen-bond acceptors (Lipinski definition) is 8. The van der Waals surface area contributed by atoms with Crippen LogP contribution in [0, 0.1) is 28.6 Å². The van der Waals surface area contributed by atoms with Crippen molar-refractivity contribution in [3.8, 4) is 0 Å². The molecule has 0 bridgehead atoms. The van der Waals surface area contributed by atoms with Crippen molar-refractivity contribution in [3.05, 3.63) is 53.5 Å². The molecule has 1 amide bonds. The first-order valence-electron chi connectivity index (χ1n) is 13.6. The van der Waals surface area contributed by atoms with Gasteiger partial charge in [-0.3, -0.25) is 24.9 Å². The van der Waals surface area contributed by atoms with Crippen LogP contribution in [0.4, 0.5) is 0 Å². The number of aliphatic hydroxyl groups is 3. The van der Waals surface area contributed by atoms with Gasteiger partial charge >= 0.3 is 0 Å². The molecular formula is C29H39N3O6. The Morgan fingerprint density at radius 3 is 2.79 bits per heavy atom. The van der Waals surface area contributed by atoms with E-state index in [4.69, 9.17) is 4.84 Å². The lowest BCUT2D eigenvalue weighted by atomic mass is 9.45. The molecule has 0 aromatic carbocycles. The normalized spacial score (nSPS) is 37.7. The van der Waals surface area contributed by atoms with Gasteiger partial charge < -0.3 is 20.6 Å². The number of aromatic nitrogens is 1. The molecule has 5 N–H and O–H groups in total. The van der Waals surface area contributed by atoms with Gasteiger partial charge in [0.1, 0.15) is 12.2 Å². The van der Waals surface area contributed by atoms with Crippen LogP contribution in [0.5, 0.6) is 0 Å². The number of Topliss-reactive ketones (excluding diaryl/α,β-unsaturated/α-hetero) is 1. The molecule has 0 saturated heterocycles. The van der Waals surface area contributed by atoms with Gasteiger partial charge in [-0.05, 0) is 79.9 Å². The number of pyridine rings is 1. The van der Waals surface area contributed by atoms with Gasteiger partial charge in [0.05, 0.1) is 24.0 Å². The number of aliphatic hydroxyl groups excluding tert-OH is 2. The Hall–Kier alpha value is -2.59. The molecule has 5 rings (SSSR count). The van der Waals surface area contributed by atoms with Crippen LogP contribution >= 0.6 is 0 Å². The van der Waals surface area contributed by atoms with Crippen LogP contribution in [0.15, 0.2) is 47.8 Å². The van der Waals surface area contributed by atoms with E-state index in [2.05, 4.69) is 34.9 Å². The first-order chi connectivity index (χ1) is 18.1. The molecule has 7 atom stereocenters. The molecule has 0 radical (unpaired) electrons. The van der Waals surface area contributed by atoms with Crippen LogP contribution in [0.1, 0.15) is 58.1 Å². The van der Waals surface area contributed by atoms with E-state index in [1.54, 1.807) is 6.20 Å². The zero-order valence-corrected chi connectivity index (χ0v) is 22.2. The van der Waals surface area contributed by atoms with Crippen molar-refractivity contribution in [1.29, 1.82) is 0 Å². The molecule has 1 aromatic rings. The molecule has 38 heavy (non-hydrogen) atoms. The minimum atomic E-state index is -1.58. The maximum absolute atomic E-state index is 12.6. The Balaban J connectivity index is 1.21. The van der Waals surface area contributed by atoms with Crippen LogP contribution in [0.3, 0.4) is 0 Å². The molecule has 3 saturated carbocycles. The summed E-state index contributed by atoms with van der Waals surface area (Å²) in [7, 11) is 0. The van der Waals surface area contributed by atoms with Crippen molar-refractivity contribution < 1.29 is 29.7 Å². The van der Waals surface area contributed by atoms with Gasteiger partial charge in [-0.1, -0.05) is 31.6 Å². The second kappa shape index (κ2) is 10.2. The van der Waals surface area contributed by atoms with Gasteiger partial charge in [-0.15, -0.1) is 0 Å². The number of allylic oxidation sites excluding steroid dienone is 3. The Morgan fingerprint density at radius 1 is 1.24 bits per heavy atom. The summed E-state index contributed by atoms with van der Waals surface area (Å²) in [5.41, 5.74) is 3.16. The number of amides is 1. The smallest absolute Gasteiger partial charge is 0.249 e. The number of fused-ring (bicyclic) bond motifs is 5. The predicted molar refractivity (Wildman–Crippen MR) is 139 cm³/mol. The fourth-order valence-electron chi connectivity index (χ4n) is 8.14. The van der Waals surface area contributed by atoms with E-state index < -0.39 is 29.5 Å². The molecule has 4 aliphatic rings. The average Bonchev–Trinajstić information content (AvgIpc) is 3.18. The van der Waals surface area contributed by atoms with Crippen molar-refractivity contribution in [1.82, 2.24) is 15.8 Å². The average molecular weight is 526 g/mol. The summed E-state index contributed by atoms with van der Waals surface area (Å²) in [6.45, 7) is 3.66. The minimum absolute atomic E-state index is 0.0169. The Labute approximate surface area is 223 Å². The second-order valence-corrected chi connectivity index (χ2v) is 11.9. The van der Waals surface area contributed by atoms with Crippen molar-refractivity contribution in [2.75, 3.05) is 13.2 Å². The lowest BCUT2D eigenvalue weighted by Crippen LogP contribution is -2.61. The number of ketones is 1. The highest BCUT2D eigenvalue weighted by atomic mass is 16.6. The van der Waals surface area contributed by atoms with Gasteiger partial charge in [-0.2, -0.15) is 0 Å². The van der Waals surface area contributed by atoms with Gasteiger partial charge in [0.2, 0.25) is 5.91 Å². The molecule has 0 unspecified atom stereocenters. The molecule has 3 fully saturated rings. The molecule has 9 heteroatoms. The molecule has 0 aliphatic heterocycles. The van der Waals surface area contributed by atoms with Crippen molar-refractivity contribution in [2.24, 2.45) is 28.6 Å². The van der Waals surface area contributed by atoms with E-state index in [0.717, 1.165) is 37.1 Å². The van der Waals surface area contributed by atoms with Crippen LogP contribution in [0.2, 0.25) is 0 Å². The number of carbonyl (C=O) groups is 2. The molecule has 1 heterocycles. The third-order valence-corrected chi connectivity index (χ3v) is 10.1. The zero-order chi connectivity index (χ0) is 27.1. The van der Waals surface area contributed by atoms with Crippen molar-refractivity contribution in [3.63, 3.8) is 0 Å². The zero-order valence-electron chi connectivity index (χ0n) is 22.2. The molecule has 1 aromatic heterocycles. The monoisotopic (exact) mass is 525 g/mol. The summed E-state index contributed by atoms with van der Waals surface area (Å²) >= 11 is 0. The van der Waals surface area contributed by atoms with E-state index in [-0.39, 0.29) is 35.7 Å². The summed E-state index contributed by atoms with van der Waals surface area (Å²) in [5, 5.41) is 35.2. The largest absolute Gasteiger partial charge is 0.393 e. The number of hydrogen-bond donors (Lipinski definition) is 5. The minimum Gasteiger partial charge on any atom is -0.393 e. The Morgan fingerprint density at radius 2 is 2.05 bits per heavy atom. The highest BCUT2D eigenvalue weighted by Gasteiger charge is 2.68. The van der Waals surface area contributed by atoms with Gasteiger partial charge in [0, 0.05) is 11.6 Å². The van der Waals surface area contributed by atoms with Crippen LogP contribution in [-0.4, -0.2) is 56.9 Å². The predicted octanol–water partition coefficient (Wildman–Crippen LogP) is 1.94. The van der Waals surface area contributed by atoms with Gasteiger partial charge in [0.25, 0.3) is 0 Å². The van der Waals surface area contributed by atoms with E-state index >= 15 is 0 Å². The molecule has 206 valence electrons. The number of hydroxylamine groups is 1. The first kappa shape index (κ1) is 27.0. The topological polar surface area (TPSA) is 141 Å². The van der Waals surface area contributed by atoms with Crippen LogP contribution < -0.4 is 10.8 Å². The molecule has 4 aliphatic carbocycles. The van der Waals surface area contributed by atoms with Crippen molar-refractivity contribution >= 4 is 11.7 Å². The molecule has 9 nitrogen and oxygen atoms in total. The van der Waals surface area contributed by atoms with E-state index in [0.29, 0.717) is 19.4 Å².